The summed E-state index contributed by atoms with van der Waals surface area (Å²) in [6.45, 7) is 2.01. The molecule has 0 aliphatic rings. The van der Waals surface area contributed by atoms with Crippen LogP contribution in [-0.4, -0.2) is 15.8 Å². The third kappa shape index (κ3) is 4.15. The number of rotatable bonds is 5. The Labute approximate surface area is 185 Å². The molecule has 0 bridgehead atoms. The Kier molecular flexibility index (Phi) is 5.55. The summed E-state index contributed by atoms with van der Waals surface area (Å²) in [5.41, 5.74) is 6.87. The number of aromatic nitrogens is 2. The second-order valence-corrected chi connectivity index (χ2v) is 8.89. The Morgan fingerprint density at radius 1 is 0.964 bits per heavy atom. The van der Waals surface area contributed by atoms with Gasteiger partial charge in [-0.1, -0.05) is 42.0 Å². The van der Waals surface area contributed by atoms with E-state index >= 15 is 0 Å². The van der Waals surface area contributed by atoms with Crippen molar-refractivity contribution in [2.75, 3.05) is 0 Å². The smallest absolute Gasteiger partial charge is 0.209 e. The zero-order valence-electron chi connectivity index (χ0n) is 15.2. The highest BCUT2D eigenvalue weighted by atomic mass is 127. The molecule has 0 aliphatic carbocycles. The molecule has 0 saturated carbocycles. The SMILES string of the molecule is Cc1ccc(C(=O)c2ccc(Cc3[nH]c(Br)cc3-c3ccc(I)cc3)[nH]2)cc1. The fourth-order valence-electron chi connectivity index (χ4n) is 3.21. The topological polar surface area (TPSA) is 48.6 Å². The second kappa shape index (κ2) is 8.09. The number of nitrogens with one attached hydrogen (secondary N) is 2. The molecular weight excluding hydrogens is 527 g/mol. The normalized spacial score (nSPS) is 11.0. The van der Waals surface area contributed by atoms with Crippen LogP contribution in [0, 0.1) is 10.5 Å². The highest BCUT2D eigenvalue weighted by Gasteiger charge is 2.14. The minimum Gasteiger partial charge on any atom is -0.355 e. The molecule has 2 aromatic carbocycles. The molecular formula is C23H18BrIN2O. The number of halogens is 2. The van der Waals surface area contributed by atoms with Crippen molar-refractivity contribution in [3.05, 3.63) is 103 Å². The lowest BCUT2D eigenvalue weighted by Gasteiger charge is -2.04. The van der Waals surface area contributed by atoms with Crippen molar-refractivity contribution in [1.82, 2.24) is 9.97 Å². The molecule has 4 aromatic rings. The van der Waals surface area contributed by atoms with Crippen LogP contribution in [0.25, 0.3) is 11.1 Å². The summed E-state index contributed by atoms with van der Waals surface area (Å²) in [6, 6.07) is 22.1. The van der Waals surface area contributed by atoms with Crippen LogP contribution in [0.4, 0.5) is 0 Å². The van der Waals surface area contributed by atoms with E-state index in [2.05, 4.69) is 78.8 Å². The molecule has 5 heteroatoms. The van der Waals surface area contributed by atoms with Gasteiger partial charge < -0.3 is 9.97 Å². The van der Waals surface area contributed by atoms with Crippen LogP contribution in [0.15, 0.2) is 71.3 Å². The lowest BCUT2D eigenvalue weighted by atomic mass is 10.0. The Morgan fingerprint density at radius 2 is 1.68 bits per heavy atom. The summed E-state index contributed by atoms with van der Waals surface area (Å²) < 4.78 is 2.15. The first-order valence-electron chi connectivity index (χ1n) is 8.92. The number of hydrogen-bond donors (Lipinski definition) is 2. The van der Waals surface area contributed by atoms with E-state index in [1.807, 2.05) is 43.3 Å². The number of H-pyrrole nitrogens is 2. The zero-order chi connectivity index (χ0) is 19.7. The van der Waals surface area contributed by atoms with E-state index in [9.17, 15) is 4.79 Å². The number of aryl methyl sites for hydroxylation is 1. The lowest BCUT2D eigenvalue weighted by molar-refractivity contribution is 0.103. The third-order valence-electron chi connectivity index (χ3n) is 4.69. The Morgan fingerprint density at radius 3 is 2.39 bits per heavy atom. The van der Waals surface area contributed by atoms with Crippen molar-refractivity contribution >= 4 is 44.3 Å². The number of carbonyl (C=O) groups is 1. The van der Waals surface area contributed by atoms with E-state index in [-0.39, 0.29) is 5.78 Å². The van der Waals surface area contributed by atoms with Gasteiger partial charge in [0.1, 0.15) is 0 Å². The van der Waals surface area contributed by atoms with Crippen LogP contribution < -0.4 is 0 Å². The van der Waals surface area contributed by atoms with Crippen molar-refractivity contribution in [2.45, 2.75) is 13.3 Å². The van der Waals surface area contributed by atoms with Crippen LogP contribution in [-0.2, 0) is 6.42 Å². The molecule has 3 nitrogen and oxygen atoms in total. The van der Waals surface area contributed by atoms with Crippen LogP contribution in [0.5, 0.6) is 0 Å². The number of carbonyl (C=O) groups excluding carboxylic acids is 1. The standard InChI is InChI=1S/C23H18BrIN2O/c1-14-2-4-16(5-3-14)23(28)20-11-10-18(26-20)12-21-19(13-22(24)27-21)15-6-8-17(25)9-7-15/h2-11,13,26-27H,12H2,1H3. The first-order valence-corrected chi connectivity index (χ1v) is 10.8. The number of benzene rings is 2. The zero-order valence-corrected chi connectivity index (χ0v) is 19.0. The molecule has 0 amide bonds. The van der Waals surface area contributed by atoms with Gasteiger partial charge in [0.25, 0.3) is 0 Å². The highest BCUT2D eigenvalue weighted by Crippen LogP contribution is 2.29. The largest absolute Gasteiger partial charge is 0.355 e. The fraction of sp³-hybridized carbons (Fsp3) is 0.0870. The van der Waals surface area contributed by atoms with E-state index in [0.717, 1.165) is 27.1 Å². The van der Waals surface area contributed by atoms with Crippen molar-refractivity contribution in [1.29, 1.82) is 0 Å². The van der Waals surface area contributed by atoms with Gasteiger partial charge in [-0.2, -0.15) is 0 Å². The maximum atomic E-state index is 12.7. The van der Waals surface area contributed by atoms with E-state index in [4.69, 9.17) is 0 Å². The van der Waals surface area contributed by atoms with Crippen LogP contribution in [0.1, 0.15) is 33.0 Å². The predicted octanol–water partition coefficient (Wildman–Crippen LogP) is 6.51. The second-order valence-electron chi connectivity index (χ2n) is 6.79. The molecule has 0 aliphatic heterocycles. The Balaban J connectivity index is 1.58. The van der Waals surface area contributed by atoms with E-state index < -0.39 is 0 Å². The van der Waals surface area contributed by atoms with Crippen molar-refractivity contribution in [2.24, 2.45) is 0 Å². The quantitative estimate of drug-likeness (QED) is 0.218. The first kappa shape index (κ1) is 19.2. The summed E-state index contributed by atoms with van der Waals surface area (Å²) in [7, 11) is 0. The Bertz CT molecular complexity index is 1120. The molecule has 0 radical (unpaired) electrons. The third-order valence-corrected chi connectivity index (χ3v) is 5.84. The molecule has 28 heavy (non-hydrogen) atoms. The van der Waals surface area contributed by atoms with E-state index in [1.165, 1.54) is 9.13 Å². The molecule has 4 rings (SSSR count). The summed E-state index contributed by atoms with van der Waals surface area (Å²) in [5, 5.41) is 0. The maximum Gasteiger partial charge on any atom is 0.209 e. The summed E-state index contributed by atoms with van der Waals surface area (Å²) in [5.74, 6) is 0.0109. The molecule has 0 spiro atoms. The molecule has 2 heterocycles. The van der Waals surface area contributed by atoms with Gasteiger partial charge in [-0.15, -0.1) is 0 Å². The van der Waals surface area contributed by atoms with Crippen molar-refractivity contribution in [3.8, 4) is 11.1 Å². The van der Waals surface area contributed by atoms with Crippen LogP contribution >= 0.6 is 38.5 Å². The molecule has 0 atom stereocenters. The van der Waals surface area contributed by atoms with Gasteiger partial charge in [0.2, 0.25) is 5.78 Å². The van der Waals surface area contributed by atoms with Crippen molar-refractivity contribution in [3.63, 3.8) is 0 Å². The number of ketones is 1. The van der Waals surface area contributed by atoms with Gasteiger partial charge in [0.15, 0.2) is 0 Å². The molecule has 140 valence electrons. The number of aromatic amines is 2. The molecule has 0 fully saturated rings. The van der Waals surface area contributed by atoms with Gasteiger partial charge >= 0.3 is 0 Å². The highest BCUT2D eigenvalue weighted by molar-refractivity contribution is 14.1. The van der Waals surface area contributed by atoms with Crippen LogP contribution in [0.2, 0.25) is 0 Å². The summed E-state index contributed by atoms with van der Waals surface area (Å²) >= 11 is 5.86. The van der Waals surface area contributed by atoms with Crippen molar-refractivity contribution < 1.29 is 4.79 Å². The van der Waals surface area contributed by atoms with E-state index in [1.54, 1.807) is 0 Å². The fourth-order valence-corrected chi connectivity index (χ4v) is 4.04. The van der Waals surface area contributed by atoms with E-state index in [0.29, 0.717) is 17.7 Å². The monoisotopic (exact) mass is 544 g/mol. The predicted molar refractivity (Wildman–Crippen MR) is 125 cm³/mol. The van der Waals surface area contributed by atoms with Gasteiger partial charge in [0, 0.05) is 32.5 Å². The van der Waals surface area contributed by atoms with Gasteiger partial charge in [-0.25, -0.2) is 0 Å². The summed E-state index contributed by atoms with van der Waals surface area (Å²) in [4.78, 5) is 19.4. The lowest BCUT2D eigenvalue weighted by Crippen LogP contribution is -2.02. The van der Waals surface area contributed by atoms with Gasteiger partial charge in [-0.3, -0.25) is 4.79 Å². The Hall–Kier alpha value is -2.12. The van der Waals surface area contributed by atoms with Gasteiger partial charge in [0.05, 0.1) is 10.3 Å². The summed E-state index contributed by atoms with van der Waals surface area (Å²) in [6.07, 6.45) is 0.689. The molecule has 0 unspecified atom stereocenters. The molecule has 0 saturated heterocycles. The number of hydrogen-bond acceptors (Lipinski definition) is 1. The molecule has 2 N–H and O–H groups in total. The minimum atomic E-state index is 0.0109. The average molecular weight is 545 g/mol. The molecule has 2 aromatic heterocycles. The average Bonchev–Trinajstić information content (AvgIpc) is 3.29. The minimum absolute atomic E-state index is 0.0109. The van der Waals surface area contributed by atoms with Crippen LogP contribution in [0.3, 0.4) is 0 Å². The maximum absolute atomic E-state index is 12.7. The van der Waals surface area contributed by atoms with Gasteiger partial charge in [-0.05, 0) is 81.3 Å². The first-order chi connectivity index (χ1) is 13.5.